The van der Waals surface area contributed by atoms with E-state index in [1.807, 2.05) is 6.20 Å². The minimum Gasteiger partial charge on any atom is -0.445 e. The normalized spacial score (nSPS) is 13.3. The summed E-state index contributed by atoms with van der Waals surface area (Å²) < 4.78 is 5.73. The Kier molecular flexibility index (Phi) is 5.53. The molecule has 0 aliphatic carbocycles. The van der Waals surface area contributed by atoms with Crippen molar-refractivity contribution >= 4 is 0 Å². The quantitative estimate of drug-likeness (QED) is 0.773. The van der Waals surface area contributed by atoms with E-state index in [0.717, 1.165) is 24.6 Å². The molecule has 1 unspecified atom stereocenters. The van der Waals surface area contributed by atoms with Crippen molar-refractivity contribution in [2.75, 3.05) is 6.54 Å². The summed E-state index contributed by atoms with van der Waals surface area (Å²) in [6.45, 7) is 9.61. The zero-order chi connectivity index (χ0) is 12.0. The summed E-state index contributed by atoms with van der Waals surface area (Å²) in [4.78, 5) is 4.31. The fourth-order valence-corrected chi connectivity index (χ4v) is 1.71. The molecule has 1 rings (SSSR count). The molecule has 1 aromatic rings. The van der Waals surface area contributed by atoms with Gasteiger partial charge in [0.15, 0.2) is 5.89 Å². The largest absolute Gasteiger partial charge is 0.445 e. The van der Waals surface area contributed by atoms with E-state index in [0.29, 0.717) is 12.0 Å². The molecule has 1 aromatic heterocycles. The number of hydrogen-bond donors (Lipinski definition) is 1. The Morgan fingerprint density at radius 1 is 1.38 bits per heavy atom. The second-order valence-corrected chi connectivity index (χ2v) is 4.70. The van der Waals surface area contributed by atoms with Gasteiger partial charge in [0.25, 0.3) is 0 Å². The Balaban J connectivity index is 2.39. The number of nitrogens with one attached hydrogen (secondary N) is 1. The molecule has 16 heavy (non-hydrogen) atoms. The van der Waals surface area contributed by atoms with E-state index in [2.05, 4.69) is 38.0 Å². The minimum absolute atomic E-state index is 0.490. The van der Waals surface area contributed by atoms with Gasteiger partial charge < -0.3 is 9.73 Å². The number of rotatable bonds is 7. The summed E-state index contributed by atoms with van der Waals surface area (Å²) in [7, 11) is 0. The van der Waals surface area contributed by atoms with E-state index in [-0.39, 0.29) is 0 Å². The first-order valence-corrected chi connectivity index (χ1v) is 6.31. The Morgan fingerprint density at radius 2 is 2.12 bits per heavy atom. The molecular weight excluding hydrogens is 200 g/mol. The molecule has 0 saturated heterocycles. The van der Waals surface area contributed by atoms with Crippen LogP contribution in [-0.4, -0.2) is 17.6 Å². The Labute approximate surface area is 98.6 Å². The molecule has 92 valence electrons. The van der Waals surface area contributed by atoms with Gasteiger partial charge >= 0.3 is 0 Å². The zero-order valence-corrected chi connectivity index (χ0v) is 10.9. The van der Waals surface area contributed by atoms with Crippen LogP contribution in [0.2, 0.25) is 0 Å². The molecule has 0 aliphatic rings. The van der Waals surface area contributed by atoms with E-state index < -0.39 is 0 Å². The highest BCUT2D eigenvalue weighted by Crippen LogP contribution is 2.21. The summed E-state index contributed by atoms with van der Waals surface area (Å²) in [5.41, 5.74) is 0. The van der Waals surface area contributed by atoms with Gasteiger partial charge in [0.2, 0.25) is 0 Å². The molecule has 0 aromatic carbocycles. The van der Waals surface area contributed by atoms with E-state index >= 15 is 0 Å². The standard InChI is InChI=1S/C13H24N2O/c1-5-6-11(4)12-9-15-13(16-12)7-8-14-10(2)3/h9-11,14H,5-8H2,1-4H3. The third-order valence-corrected chi connectivity index (χ3v) is 2.67. The number of oxazole rings is 1. The van der Waals surface area contributed by atoms with E-state index in [1.54, 1.807) is 0 Å². The average Bonchev–Trinajstić information content (AvgIpc) is 2.66. The molecule has 1 atom stereocenters. The SMILES string of the molecule is CCCC(C)c1cnc(CCNC(C)C)o1. The lowest BCUT2D eigenvalue weighted by atomic mass is 10.0. The van der Waals surface area contributed by atoms with Crippen LogP contribution in [0.4, 0.5) is 0 Å². The van der Waals surface area contributed by atoms with Gasteiger partial charge in [0, 0.05) is 24.9 Å². The van der Waals surface area contributed by atoms with Crippen molar-refractivity contribution in [3.63, 3.8) is 0 Å². The average molecular weight is 224 g/mol. The molecule has 1 heterocycles. The molecular formula is C13H24N2O. The topological polar surface area (TPSA) is 38.1 Å². The maximum atomic E-state index is 5.73. The summed E-state index contributed by atoms with van der Waals surface area (Å²) in [6.07, 6.45) is 5.10. The van der Waals surface area contributed by atoms with Gasteiger partial charge in [-0.2, -0.15) is 0 Å². The molecule has 0 spiro atoms. The first kappa shape index (κ1) is 13.2. The van der Waals surface area contributed by atoms with Crippen molar-refractivity contribution in [1.82, 2.24) is 10.3 Å². The summed E-state index contributed by atoms with van der Waals surface area (Å²) in [6, 6.07) is 0.522. The predicted molar refractivity (Wildman–Crippen MR) is 66.7 cm³/mol. The second kappa shape index (κ2) is 6.69. The van der Waals surface area contributed by atoms with Crippen LogP contribution in [0.5, 0.6) is 0 Å². The minimum atomic E-state index is 0.490. The molecule has 0 bridgehead atoms. The molecule has 0 radical (unpaired) electrons. The highest BCUT2D eigenvalue weighted by molar-refractivity contribution is 5.00. The molecule has 3 nitrogen and oxygen atoms in total. The van der Waals surface area contributed by atoms with Gasteiger partial charge in [-0.05, 0) is 6.42 Å². The molecule has 0 amide bonds. The fraction of sp³-hybridized carbons (Fsp3) is 0.769. The third kappa shape index (κ3) is 4.35. The molecule has 1 N–H and O–H groups in total. The van der Waals surface area contributed by atoms with Crippen molar-refractivity contribution in [3.05, 3.63) is 17.8 Å². The van der Waals surface area contributed by atoms with Gasteiger partial charge in [-0.15, -0.1) is 0 Å². The third-order valence-electron chi connectivity index (χ3n) is 2.67. The van der Waals surface area contributed by atoms with Crippen LogP contribution in [0.25, 0.3) is 0 Å². The van der Waals surface area contributed by atoms with Crippen molar-refractivity contribution < 1.29 is 4.42 Å². The molecule has 0 saturated carbocycles. The Hall–Kier alpha value is -0.830. The van der Waals surface area contributed by atoms with Crippen molar-refractivity contribution in [1.29, 1.82) is 0 Å². The zero-order valence-electron chi connectivity index (χ0n) is 10.9. The van der Waals surface area contributed by atoms with Crippen LogP contribution in [0.1, 0.15) is 58.1 Å². The van der Waals surface area contributed by atoms with Crippen LogP contribution in [0.3, 0.4) is 0 Å². The smallest absolute Gasteiger partial charge is 0.195 e. The predicted octanol–water partition coefficient (Wildman–Crippen LogP) is 3.12. The highest BCUT2D eigenvalue weighted by Gasteiger charge is 2.10. The Bertz CT molecular complexity index is 294. The number of nitrogens with zero attached hydrogens (tertiary/aromatic N) is 1. The van der Waals surface area contributed by atoms with Gasteiger partial charge in [-0.3, -0.25) is 0 Å². The second-order valence-electron chi connectivity index (χ2n) is 4.70. The van der Waals surface area contributed by atoms with Gasteiger partial charge in [0.05, 0.1) is 6.20 Å². The van der Waals surface area contributed by atoms with Gasteiger partial charge in [-0.1, -0.05) is 34.1 Å². The molecule has 0 aliphatic heterocycles. The lowest BCUT2D eigenvalue weighted by molar-refractivity contribution is 0.415. The first-order valence-electron chi connectivity index (χ1n) is 6.31. The molecule has 3 heteroatoms. The lowest BCUT2D eigenvalue weighted by Gasteiger charge is -2.06. The first-order chi connectivity index (χ1) is 7.63. The number of aromatic nitrogens is 1. The Morgan fingerprint density at radius 3 is 2.75 bits per heavy atom. The van der Waals surface area contributed by atoms with Gasteiger partial charge in [0.1, 0.15) is 5.76 Å². The van der Waals surface area contributed by atoms with E-state index in [1.165, 1.54) is 12.8 Å². The van der Waals surface area contributed by atoms with Crippen molar-refractivity contribution in [2.24, 2.45) is 0 Å². The fourth-order valence-electron chi connectivity index (χ4n) is 1.71. The van der Waals surface area contributed by atoms with Crippen molar-refractivity contribution in [3.8, 4) is 0 Å². The highest BCUT2D eigenvalue weighted by atomic mass is 16.4. The number of hydrogen-bond acceptors (Lipinski definition) is 3. The van der Waals surface area contributed by atoms with Crippen LogP contribution in [-0.2, 0) is 6.42 Å². The van der Waals surface area contributed by atoms with Crippen molar-refractivity contribution in [2.45, 2.75) is 58.9 Å². The molecule has 0 fully saturated rings. The maximum absolute atomic E-state index is 5.73. The summed E-state index contributed by atoms with van der Waals surface area (Å²) in [5.74, 6) is 2.37. The van der Waals surface area contributed by atoms with E-state index in [4.69, 9.17) is 4.42 Å². The maximum Gasteiger partial charge on any atom is 0.195 e. The lowest BCUT2D eigenvalue weighted by Crippen LogP contribution is -2.24. The summed E-state index contributed by atoms with van der Waals surface area (Å²) >= 11 is 0. The van der Waals surface area contributed by atoms with Crippen LogP contribution >= 0.6 is 0 Å². The monoisotopic (exact) mass is 224 g/mol. The summed E-state index contributed by atoms with van der Waals surface area (Å²) in [5, 5.41) is 3.36. The van der Waals surface area contributed by atoms with Crippen LogP contribution < -0.4 is 5.32 Å². The van der Waals surface area contributed by atoms with E-state index in [9.17, 15) is 0 Å². The van der Waals surface area contributed by atoms with Gasteiger partial charge in [-0.25, -0.2) is 4.98 Å². The van der Waals surface area contributed by atoms with Crippen LogP contribution in [0.15, 0.2) is 10.6 Å². The van der Waals surface area contributed by atoms with Crippen LogP contribution in [0, 0.1) is 0 Å².